The van der Waals surface area contributed by atoms with Crippen molar-refractivity contribution in [1.82, 2.24) is 4.90 Å². The van der Waals surface area contributed by atoms with Gasteiger partial charge in [0.05, 0.1) is 6.04 Å². The van der Waals surface area contributed by atoms with E-state index in [0.717, 1.165) is 5.56 Å². The first-order valence-electron chi connectivity index (χ1n) is 5.76. The van der Waals surface area contributed by atoms with Crippen LogP contribution in [0.3, 0.4) is 0 Å². The SMILES string of the molecule is COC(CN)C(=O)N(C)C(C)c1ccc(F)cc1. The zero-order valence-electron chi connectivity index (χ0n) is 10.9. The van der Waals surface area contributed by atoms with E-state index in [2.05, 4.69) is 0 Å². The largest absolute Gasteiger partial charge is 0.370 e. The molecule has 0 aromatic heterocycles. The van der Waals surface area contributed by atoms with E-state index in [0.29, 0.717) is 0 Å². The highest BCUT2D eigenvalue weighted by molar-refractivity contribution is 5.81. The number of halogens is 1. The summed E-state index contributed by atoms with van der Waals surface area (Å²) in [6.07, 6.45) is -0.641. The second-order valence-electron chi connectivity index (χ2n) is 4.14. The molecule has 0 spiro atoms. The van der Waals surface area contributed by atoms with E-state index in [-0.39, 0.29) is 24.3 Å². The lowest BCUT2D eigenvalue weighted by molar-refractivity contribution is -0.142. The molecule has 0 heterocycles. The van der Waals surface area contributed by atoms with Gasteiger partial charge in [0.2, 0.25) is 0 Å². The number of carbonyl (C=O) groups excluding carboxylic acids is 1. The minimum absolute atomic E-state index is 0.135. The van der Waals surface area contributed by atoms with Crippen molar-refractivity contribution in [2.24, 2.45) is 5.73 Å². The van der Waals surface area contributed by atoms with Gasteiger partial charge in [-0.2, -0.15) is 0 Å². The molecule has 0 bridgehead atoms. The normalized spacial score (nSPS) is 14.1. The molecule has 0 saturated heterocycles. The topological polar surface area (TPSA) is 55.6 Å². The predicted octanol–water partition coefficient (Wildman–Crippen LogP) is 1.32. The van der Waals surface area contributed by atoms with Crippen molar-refractivity contribution in [3.8, 4) is 0 Å². The summed E-state index contributed by atoms with van der Waals surface area (Å²) in [6.45, 7) is 2.00. The molecule has 1 aromatic rings. The van der Waals surface area contributed by atoms with E-state index in [9.17, 15) is 9.18 Å². The molecule has 5 heteroatoms. The van der Waals surface area contributed by atoms with Crippen LogP contribution in [0.1, 0.15) is 18.5 Å². The van der Waals surface area contributed by atoms with Crippen LogP contribution in [0, 0.1) is 5.82 Å². The molecule has 100 valence electrons. The van der Waals surface area contributed by atoms with Crippen molar-refractivity contribution in [2.45, 2.75) is 19.1 Å². The Morgan fingerprint density at radius 1 is 1.44 bits per heavy atom. The molecule has 18 heavy (non-hydrogen) atoms. The van der Waals surface area contributed by atoms with Crippen molar-refractivity contribution in [1.29, 1.82) is 0 Å². The summed E-state index contributed by atoms with van der Waals surface area (Å²) in [6, 6.07) is 5.91. The fourth-order valence-electron chi connectivity index (χ4n) is 1.68. The van der Waals surface area contributed by atoms with Gasteiger partial charge < -0.3 is 15.4 Å². The van der Waals surface area contributed by atoms with Gasteiger partial charge in [-0.05, 0) is 24.6 Å². The number of amides is 1. The van der Waals surface area contributed by atoms with Crippen LogP contribution >= 0.6 is 0 Å². The van der Waals surface area contributed by atoms with E-state index < -0.39 is 6.10 Å². The summed E-state index contributed by atoms with van der Waals surface area (Å²) in [5, 5.41) is 0. The first-order chi connectivity index (χ1) is 8.51. The summed E-state index contributed by atoms with van der Waals surface area (Å²) in [5.74, 6) is -0.478. The third-order valence-electron chi connectivity index (χ3n) is 3.06. The third kappa shape index (κ3) is 3.27. The van der Waals surface area contributed by atoms with E-state index in [4.69, 9.17) is 10.5 Å². The maximum absolute atomic E-state index is 12.8. The monoisotopic (exact) mass is 254 g/mol. The standard InChI is InChI=1S/C13H19FN2O2/c1-9(10-4-6-11(14)7-5-10)16(2)13(17)12(8-15)18-3/h4-7,9,12H,8,15H2,1-3H3. The zero-order valence-corrected chi connectivity index (χ0v) is 10.9. The fourth-order valence-corrected chi connectivity index (χ4v) is 1.68. The highest BCUT2D eigenvalue weighted by Crippen LogP contribution is 2.19. The molecule has 1 aromatic carbocycles. The van der Waals surface area contributed by atoms with Crippen LogP contribution in [0.15, 0.2) is 24.3 Å². The first-order valence-corrected chi connectivity index (χ1v) is 5.76. The Labute approximate surface area is 107 Å². The Balaban J connectivity index is 2.80. The Morgan fingerprint density at radius 3 is 2.44 bits per heavy atom. The van der Waals surface area contributed by atoms with E-state index >= 15 is 0 Å². The van der Waals surface area contributed by atoms with Gasteiger partial charge in [0.15, 0.2) is 0 Å². The summed E-state index contributed by atoms with van der Waals surface area (Å²) in [4.78, 5) is 13.6. The molecule has 0 radical (unpaired) electrons. The van der Waals surface area contributed by atoms with Gasteiger partial charge in [0.1, 0.15) is 11.9 Å². The van der Waals surface area contributed by atoms with Gasteiger partial charge in [-0.1, -0.05) is 12.1 Å². The Morgan fingerprint density at radius 2 is 2.00 bits per heavy atom. The van der Waals surface area contributed by atoms with Gasteiger partial charge in [0.25, 0.3) is 5.91 Å². The molecule has 2 unspecified atom stereocenters. The van der Waals surface area contributed by atoms with E-state index in [1.54, 1.807) is 24.1 Å². The van der Waals surface area contributed by atoms with Crippen LogP contribution < -0.4 is 5.73 Å². The van der Waals surface area contributed by atoms with Crippen molar-refractivity contribution in [3.05, 3.63) is 35.6 Å². The highest BCUT2D eigenvalue weighted by Gasteiger charge is 2.24. The number of carbonyl (C=O) groups is 1. The first kappa shape index (κ1) is 14.6. The summed E-state index contributed by atoms with van der Waals surface area (Å²) in [5.41, 5.74) is 6.32. The molecular formula is C13H19FN2O2. The predicted molar refractivity (Wildman–Crippen MR) is 67.4 cm³/mol. The Hall–Kier alpha value is -1.46. The average Bonchev–Trinajstić information content (AvgIpc) is 2.39. The number of nitrogens with zero attached hydrogens (tertiary/aromatic N) is 1. The van der Waals surface area contributed by atoms with Gasteiger partial charge in [-0.3, -0.25) is 4.79 Å². The number of methoxy groups -OCH3 is 1. The van der Waals surface area contributed by atoms with E-state index in [1.807, 2.05) is 6.92 Å². The van der Waals surface area contributed by atoms with Crippen LogP contribution in [0.2, 0.25) is 0 Å². The Kier molecular flexibility index (Phi) is 5.25. The summed E-state index contributed by atoms with van der Waals surface area (Å²) >= 11 is 0. The van der Waals surface area contributed by atoms with Crippen molar-refractivity contribution >= 4 is 5.91 Å². The van der Waals surface area contributed by atoms with Crippen LogP contribution in [-0.4, -0.2) is 37.6 Å². The lowest BCUT2D eigenvalue weighted by Gasteiger charge is -2.28. The quantitative estimate of drug-likeness (QED) is 0.862. The summed E-state index contributed by atoms with van der Waals surface area (Å²) in [7, 11) is 3.13. The molecule has 4 nitrogen and oxygen atoms in total. The number of nitrogens with two attached hydrogens (primary N) is 1. The van der Waals surface area contributed by atoms with Gasteiger partial charge in [-0.25, -0.2) is 4.39 Å². The Bertz CT molecular complexity index is 390. The number of hydrogen-bond acceptors (Lipinski definition) is 3. The minimum Gasteiger partial charge on any atom is -0.370 e. The number of benzene rings is 1. The molecule has 0 aliphatic heterocycles. The lowest BCUT2D eigenvalue weighted by Crippen LogP contribution is -2.42. The maximum atomic E-state index is 12.8. The zero-order chi connectivity index (χ0) is 13.7. The van der Waals surface area contributed by atoms with Crippen LogP contribution in [0.4, 0.5) is 4.39 Å². The van der Waals surface area contributed by atoms with Crippen LogP contribution in [0.5, 0.6) is 0 Å². The number of ether oxygens (including phenoxy) is 1. The average molecular weight is 254 g/mol. The molecular weight excluding hydrogens is 235 g/mol. The van der Waals surface area contributed by atoms with E-state index in [1.165, 1.54) is 19.2 Å². The summed E-state index contributed by atoms with van der Waals surface area (Å²) < 4.78 is 17.8. The van der Waals surface area contributed by atoms with Crippen LogP contribution in [0.25, 0.3) is 0 Å². The van der Waals surface area contributed by atoms with Gasteiger partial charge in [0, 0.05) is 20.7 Å². The molecule has 2 N–H and O–H groups in total. The highest BCUT2D eigenvalue weighted by atomic mass is 19.1. The number of rotatable bonds is 5. The smallest absolute Gasteiger partial charge is 0.253 e. The maximum Gasteiger partial charge on any atom is 0.253 e. The van der Waals surface area contributed by atoms with Gasteiger partial charge >= 0.3 is 0 Å². The number of hydrogen-bond donors (Lipinski definition) is 1. The fraction of sp³-hybridized carbons (Fsp3) is 0.462. The van der Waals surface area contributed by atoms with Crippen molar-refractivity contribution in [3.63, 3.8) is 0 Å². The van der Waals surface area contributed by atoms with Gasteiger partial charge in [-0.15, -0.1) is 0 Å². The number of likely N-dealkylation sites (N-methyl/N-ethyl adjacent to an activating group) is 1. The minimum atomic E-state index is -0.641. The second kappa shape index (κ2) is 6.47. The van der Waals surface area contributed by atoms with Crippen LogP contribution in [-0.2, 0) is 9.53 Å². The molecule has 1 rings (SSSR count). The molecule has 0 aliphatic rings. The third-order valence-corrected chi connectivity index (χ3v) is 3.06. The molecule has 0 fully saturated rings. The molecule has 2 atom stereocenters. The molecule has 0 aliphatic carbocycles. The second-order valence-corrected chi connectivity index (χ2v) is 4.14. The lowest BCUT2D eigenvalue weighted by atomic mass is 10.1. The van der Waals surface area contributed by atoms with Crippen molar-refractivity contribution < 1.29 is 13.9 Å². The van der Waals surface area contributed by atoms with Crippen molar-refractivity contribution in [2.75, 3.05) is 20.7 Å². The molecule has 0 saturated carbocycles. The molecule has 1 amide bonds.